The van der Waals surface area contributed by atoms with Gasteiger partial charge in [-0.1, -0.05) is 24.3 Å². The first-order valence-electron chi connectivity index (χ1n) is 9.69. The van der Waals surface area contributed by atoms with Gasteiger partial charge in [-0.15, -0.1) is 0 Å². The molecule has 0 fully saturated rings. The summed E-state index contributed by atoms with van der Waals surface area (Å²) in [6, 6.07) is 19.1. The van der Waals surface area contributed by atoms with E-state index in [4.69, 9.17) is 0 Å². The second-order valence-corrected chi connectivity index (χ2v) is 7.33. The summed E-state index contributed by atoms with van der Waals surface area (Å²) in [4.78, 5) is 29.3. The normalized spacial score (nSPS) is 16.0. The van der Waals surface area contributed by atoms with Crippen molar-refractivity contribution in [2.45, 2.75) is 25.4 Å². The first kappa shape index (κ1) is 17.4. The molecule has 5 rings (SSSR count). The molecule has 2 aromatic heterocycles. The second kappa shape index (κ2) is 7.05. The van der Waals surface area contributed by atoms with Gasteiger partial charge in [0.15, 0.2) is 5.78 Å². The molecule has 1 N–H and O–H groups in total. The molecule has 0 spiro atoms. The van der Waals surface area contributed by atoms with Crippen LogP contribution in [0.3, 0.4) is 0 Å². The lowest BCUT2D eigenvalue weighted by molar-refractivity contribution is -0.119. The lowest BCUT2D eigenvalue weighted by Crippen LogP contribution is -2.31. The van der Waals surface area contributed by atoms with Crippen LogP contribution in [-0.2, 0) is 11.3 Å². The van der Waals surface area contributed by atoms with Gasteiger partial charge in [-0.25, -0.2) is 4.98 Å². The summed E-state index contributed by atoms with van der Waals surface area (Å²) in [6.07, 6.45) is 4.56. The first-order valence-corrected chi connectivity index (χ1v) is 9.69. The summed E-state index contributed by atoms with van der Waals surface area (Å²) in [5.41, 5.74) is 4.48. The summed E-state index contributed by atoms with van der Waals surface area (Å²) in [7, 11) is 0. The van der Waals surface area contributed by atoms with E-state index in [-0.39, 0.29) is 17.7 Å². The van der Waals surface area contributed by atoms with Crippen molar-refractivity contribution in [1.29, 1.82) is 0 Å². The van der Waals surface area contributed by atoms with Crippen LogP contribution in [0.2, 0.25) is 0 Å². The summed E-state index contributed by atoms with van der Waals surface area (Å²) < 4.78 is 3.87. The van der Waals surface area contributed by atoms with E-state index >= 15 is 0 Å². The van der Waals surface area contributed by atoms with Gasteiger partial charge in [-0.3, -0.25) is 9.59 Å². The zero-order valence-electron chi connectivity index (χ0n) is 15.8. The average molecular weight is 384 g/mol. The van der Waals surface area contributed by atoms with Crippen molar-refractivity contribution in [3.05, 3.63) is 84.4 Å². The maximum Gasteiger partial charge on any atom is 0.247 e. The average Bonchev–Trinajstić information content (AvgIpc) is 3.37. The molecule has 1 atom stereocenters. The van der Waals surface area contributed by atoms with Crippen molar-refractivity contribution in [3.63, 3.8) is 0 Å². The van der Waals surface area contributed by atoms with Crippen LogP contribution in [0.25, 0.3) is 11.0 Å². The van der Waals surface area contributed by atoms with Crippen LogP contribution >= 0.6 is 0 Å². The number of Topliss-reactive ketones (excluding diaryl/α,β-unsaturated/α-hetero) is 1. The molecule has 1 aliphatic heterocycles. The van der Waals surface area contributed by atoms with Crippen molar-refractivity contribution < 1.29 is 9.59 Å². The number of fused-ring (bicyclic) bond motifs is 2. The third-order valence-electron chi connectivity index (χ3n) is 5.42. The van der Waals surface area contributed by atoms with Crippen LogP contribution < -0.4 is 5.32 Å². The molecule has 0 aliphatic carbocycles. The molecule has 1 aliphatic rings. The quantitative estimate of drug-likeness (QED) is 0.577. The SMILES string of the molecule is O=C1CCC(C(=O)Nc2cccc(Cn3cnc4ccccc43)c2)n2cccc21. The molecule has 0 saturated heterocycles. The number of nitrogens with zero attached hydrogens (tertiary/aromatic N) is 3. The maximum atomic E-state index is 12.9. The van der Waals surface area contributed by atoms with Crippen molar-refractivity contribution in [3.8, 4) is 0 Å². The molecule has 0 bridgehead atoms. The number of anilines is 1. The molecule has 2 aromatic carbocycles. The van der Waals surface area contributed by atoms with Gasteiger partial charge in [-0.2, -0.15) is 0 Å². The number of benzene rings is 2. The Morgan fingerprint density at radius 1 is 1.10 bits per heavy atom. The predicted molar refractivity (Wildman–Crippen MR) is 111 cm³/mol. The van der Waals surface area contributed by atoms with Crippen molar-refractivity contribution in [1.82, 2.24) is 14.1 Å². The number of para-hydroxylation sites is 2. The minimum atomic E-state index is -0.362. The van der Waals surface area contributed by atoms with Gasteiger partial charge in [0, 0.05) is 24.8 Å². The number of imidazole rings is 1. The zero-order valence-corrected chi connectivity index (χ0v) is 15.8. The molecule has 0 saturated carbocycles. The van der Waals surface area contributed by atoms with Crippen molar-refractivity contribution in [2.24, 2.45) is 0 Å². The molecule has 6 heteroatoms. The molecule has 0 radical (unpaired) electrons. The molecule has 1 unspecified atom stereocenters. The van der Waals surface area contributed by atoms with Gasteiger partial charge in [-0.05, 0) is 48.4 Å². The van der Waals surface area contributed by atoms with E-state index in [2.05, 4.69) is 14.9 Å². The van der Waals surface area contributed by atoms with Crippen LogP contribution in [-0.4, -0.2) is 25.8 Å². The number of rotatable bonds is 4. The third-order valence-corrected chi connectivity index (χ3v) is 5.42. The molecule has 29 heavy (non-hydrogen) atoms. The molecular formula is C23H20N4O2. The van der Waals surface area contributed by atoms with Crippen LogP contribution in [0.4, 0.5) is 5.69 Å². The van der Waals surface area contributed by atoms with Gasteiger partial charge in [0.1, 0.15) is 6.04 Å². The smallest absolute Gasteiger partial charge is 0.247 e. The summed E-state index contributed by atoms with van der Waals surface area (Å²) in [5, 5.41) is 3.02. The Morgan fingerprint density at radius 2 is 2.00 bits per heavy atom. The van der Waals surface area contributed by atoms with Gasteiger partial charge < -0.3 is 14.5 Å². The lowest BCUT2D eigenvalue weighted by Gasteiger charge is -2.24. The number of carbonyl (C=O) groups is 2. The highest BCUT2D eigenvalue weighted by atomic mass is 16.2. The van der Waals surface area contributed by atoms with E-state index in [1.54, 1.807) is 16.8 Å². The van der Waals surface area contributed by atoms with Gasteiger partial charge >= 0.3 is 0 Å². The highest BCUT2D eigenvalue weighted by Gasteiger charge is 2.29. The van der Waals surface area contributed by atoms with Crippen LogP contribution in [0.1, 0.15) is 34.9 Å². The fraction of sp³-hybridized carbons (Fsp3) is 0.174. The maximum absolute atomic E-state index is 12.9. The molecule has 3 heterocycles. The first-order chi connectivity index (χ1) is 14.2. The van der Waals surface area contributed by atoms with E-state index < -0.39 is 0 Å². The lowest BCUT2D eigenvalue weighted by atomic mass is 10.0. The van der Waals surface area contributed by atoms with Crippen LogP contribution in [0.15, 0.2) is 73.2 Å². The fourth-order valence-corrected chi connectivity index (χ4v) is 4.00. The Labute approximate surface area is 167 Å². The highest BCUT2D eigenvalue weighted by molar-refractivity contribution is 6.00. The number of carbonyl (C=O) groups excluding carboxylic acids is 2. The highest BCUT2D eigenvalue weighted by Crippen LogP contribution is 2.27. The monoisotopic (exact) mass is 384 g/mol. The number of hydrogen-bond acceptors (Lipinski definition) is 3. The number of nitrogens with one attached hydrogen (secondary N) is 1. The fourth-order valence-electron chi connectivity index (χ4n) is 4.00. The minimum Gasteiger partial charge on any atom is -0.333 e. The molecule has 1 amide bonds. The Kier molecular flexibility index (Phi) is 4.24. The van der Waals surface area contributed by atoms with E-state index in [0.29, 0.717) is 25.1 Å². The molecular weight excluding hydrogens is 364 g/mol. The molecule has 4 aromatic rings. The van der Waals surface area contributed by atoms with Gasteiger partial charge in [0.25, 0.3) is 0 Å². The summed E-state index contributed by atoms with van der Waals surface area (Å²) >= 11 is 0. The largest absolute Gasteiger partial charge is 0.333 e. The van der Waals surface area contributed by atoms with Gasteiger partial charge in [0.05, 0.1) is 23.1 Å². The van der Waals surface area contributed by atoms with E-state index in [9.17, 15) is 9.59 Å². The standard InChI is InChI=1S/C23H20N4O2/c28-22-11-10-21(27-12-4-9-20(22)27)23(29)25-17-6-3-5-16(13-17)14-26-15-24-18-7-1-2-8-19(18)26/h1-9,12-13,15,21H,10-11,14H2,(H,25,29). The zero-order chi connectivity index (χ0) is 19.8. The minimum absolute atomic E-state index is 0.0913. The summed E-state index contributed by atoms with van der Waals surface area (Å²) in [5.74, 6) is -0.00575. The number of ketones is 1. The Morgan fingerprint density at radius 3 is 2.93 bits per heavy atom. The number of amides is 1. The Hall–Kier alpha value is -3.67. The Bertz CT molecular complexity index is 1220. The van der Waals surface area contributed by atoms with E-state index in [0.717, 1.165) is 22.3 Å². The molecule has 6 nitrogen and oxygen atoms in total. The topological polar surface area (TPSA) is 68.9 Å². The van der Waals surface area contributed by atoms with Gasteiger partial charge in [0.2, 0.25) is 5.91 Å². The molecule has 144 valence electrons. The Balaban J connectivity index is 1.35. The van der Waals surface area contributed by atoms with Crippen LogP contribution in [0, 0.1) is 0 Å². The van der Waals surface area contributed by atoms with Crippen LogP contribution in [0.5, 0.6) is 0 Å². The van der Waals surface area contributed by atoms with Crippen molar-refractivity contribution >= 4 is 28.4 Å². The summed E-state index contributed by atoms with van der Waals surface area (Å²) in [6.45, 7) is 0.671. The third kappa shape index (κ3) is 3.23. The van der Waals surface area contributed by atoms with Crippen molar-refractivity contribution in [2.75, 3.05) is 5.32 Å². The van der Waals surface area contributed by atoms with E-state index in [1.165, 1.54) is 0 Å². The van der Waals surface area contributed by atoms with E-state index in [1.807, 2.05) is 60.9 Å². The predicted octanol–water partition coefficient (Wildman–Crippen LogP) is 4.04. The number of hydrogen-bond donors (Lipinski definition) is 1. The number of aromatic nitrogens is 3. The second-order valence-electron chi connectivity index (χ2n) is 7.33.